The number of guanidine groups is 1. The molecule has 1 fully saturated rings. The number of hydrogen-bond donors (Lipinski definition) is 1. The molecule has 1 aliphatic heterocycles. The van der Waals surface area contributed by atoms with E-state index in [1.165, 1.54) is 5.56 Å². The molecule has 1 aromatic carbocycles. The molecule has 168 valence electrons. The van der Waals surface area contributed by atoms with Gasteiger partial charge in [0.1, 0.15) is 5.69 Å². The van der Waals surface area contributed by atoms with Crippen LogP contribution in [0.2, 0.25) is 0 Å². The van der Waals surface area contributed by atoms with Crippen LogP contribution in [0.3, 0.4) is 0 Å². The predicted molar refractivity (Wildman–Crippen MR) is 125 cm³/mol. The van der Waals surface area contributed by atoms with Gasteiger partial charge in [0.2, 0.25) is 0 Å². The smallest absolute Gasteiger partial charge is 0.276 e. The Kier molecular flexibility index (Phi) is 7.45. The van der Waals surface area contributed by atoms with E-state index in [4.69, 9.17) is 4.52 Å². The number of piperazine rings is 1. The molecule has 1 unspecified atom stereocenters. The molecular weight excluding hydrogens is 402 g/mol. The van der Waals surface area contributed by atoms with Gasteiger partial charge in [-0.3, -0.25) is 14.9 Å². The fourth-order valence-corrected chi connectivity index (χ4v) is 4.19. The average Bonchev–Trinajstić information content (AvgIpc) is 3.33. The molecule has 0 amide bonds. The maximum atomic E-state index is 5.33. The zero-order valence-electron chi connectivity index (χ0n) is 18.8. The molecule has 8 heteroatoms. The van der Waals surface area contributed by atoms with Gasteiger partial charge >= 0.3 is 0 Å². The molecule has 0 saturated carbocycles. The number of nitrogens with zero attached hydrogens (tertiary/aromatic N) is 6. The number of rotatable bonds is 7. The van der Waals surface area contributed by atoms with Crippen molar-refractivity contribution in [1.82, 2.24) is 30.2 Å². The number of benzene rings is 1. The molecule has 0 aliphatic carbocycles. The van der Waals surface area contributed by atoms with E-state index in [2.05, 4.69) is 72.5 Å². The molecule has 0 bridgehead atoms. The lowest BCUT2D eigenvalue weighted by molar-refractivity contribution is 0.127. The van der Waals surface area contributed by atoms with Crippen LogP contribution in [0, 0.1) is 0 Å². The fourth-order valence-electron chi connectivity index (χ4n) is 4.19. The van der Waals surface area contributed by atoms with E-state index >= 15 is 0 Å². The van der Waals surface area contributed by atoms with Gasteiger partial charge in [-0.15, -0.1) is 0 Å². The standard InChI is InChI=1S/C24H31N7O/c1-3-21(19-9-5-4-6-10-19)30-15-17-31(18-16-30)24(25-2)27-14-12-22-28-23(32-29-22)20-11-7-8-13-26-20/h4-11,13,21H,3,12,14-18H2,1-2H3,(H,25,27). The van der Waals surface area contributed by atoms with Gasteiger partial charge in [-0.05, 0) is 24.1 Å². The Balaban J connectivity index is 1.26. The van der Waals surface area contributed by atoms with Crippen LogP contribution in [0.4, 0.5) is 0 Å². The first-order valence-corrected chi connectivity index (χ1v) is 11.3. The van der Waals surface area contributed by atoms with Crippen molar-refractivity contribution in [1.29, 1.82) is 0 Å². The van der Waals surface area contributed by atoms with Crippen molar-refractivity contribution < 1.29 is 4.52 Å². The number of hydrogen-bond acceptors (Lipinski definition) is 6. The minimum absolute atomic E-state index is 0.449. The highest BCUT2D eigenvalue weighted by Crippen LogP contribution is 2.25. The largest absolute Gasteiger partial charge is 0.356 e. The van der Waals surface area contributed by atoms with E-state index in [9.17, 15) is 0 Å². The third-order valence-corrected chi connectivity index (χ3v) is 5.82. The van der Waals surface area contributed by atoms with Crippen LogP contribution in [0.5, 0.6) is 0 Å². The van der Waals surface area contributed by atoms with Gasteiger partial charge in [-0.1, -0.05) is 48.5 Å². The summed E-state index contributed by atoms with van der Waals surface area (Å²) in [4.78, 5) is 18.1. The van der Waals surface area contributed by atoms with Crippen LogP contribution in [-0.2, 0) is 6.42 Å². The molecular formula is C24H31N7O. The second kappa shape index (κ2) is 10.9. The summed E-state index contributed by atoms with van der Waals surface area (Å²) in [6.45, 7) is 6.90. The minimum Gasteiger partial charge on any atom is -0.356 e. The highest BCUT2D eigenvalue weighted by molar-refractivity contribution is 5.80. The van der Waals surface area contributed by atoms with Crippen LogP contribution in [0.25, 0.3) is 11.6 Å². The topological polar surface area (TPSA) is 82.7 Å². The van der Waals surface area contributed by atoms with Gasteiger partial charge in [-0.2, -0.15) is 4.98 Å². The number of nitrogens with one attached hydrogen (secondary N) is 1. The second-order valence-electron chi connectivity index (χ2n) is 7.81. The number of aliphatic imine (C=N–C) groups is 1. The molecule has 1 N–H and O–H groups in total. The van der Waals surface area contributed by atoms with Crippen molar-refractivity contribution in [2.45, 2.75) is 25.8 Å². The summed E-state index contributed by atoms with van der Waals surface area (Å²) in [5.74, 6) is 2.03. The van der Waals surface area contributed by atoms with Crippen LogP contribution >= 0.6 is 0 Å². The Morgan fingerprint density at radius 3 is 2.56 bits per heavy atom. The first-order chi connectivity index (χ1) is 15.8. The molecule has 3 aromatic rings. The monoisotopic (exact) mass is 433 g/mol. The SMILES string of the molecule is CCC(c1ccccc1)N1CCN(C(=NC)NCCc2noc(-c3ccccn3)n2)CC1. The van der Waals surface area contributed by atoms with Crippen molar-refractivity contribution in [3.8, 4) is 11.6 Å². The first kappa shape index (κ1) is 22.0. The zero-order chi connectivity index (χ0) is 22.2. The first-order valence-electron chi connectivity index (χ1n) is 11.3. The van der Waals surface area contributed by atoms with Crippen LogP contribution in [0.1, 0.15) is 30.8 Å². The maximum absolute atomic E-state index is 5.33. The van der Waals surface area contributed by atoms with Crippen molar-refractivity contribution >= 4 is 5.96 Å². The molecule has 2 aromatic heterocycles. The summed E-state index contributed by atoms with van der Waals surface area (Å²) >= 11 is 0. The summed E-state index contributed by atoms with van der Waals surface area (Å²) in [5, 5.41) is 7.52. The van der Waals surface area contributed by atoms with E-state index in [0.29, 0.717) is 36.4 Å². The van der Waals surface area contributed by atoms with Crippen LogP contribution < -0.4 is 5.32 Å². The van der Waals surface area contributed by atoms with Crippen LogP contribution in [0.15, 0.2) is 64.2 Å². The Labute approximate surface area is 189 Å². The van der Waals surface area contributed by atoms with Crippen molar-refractivity contribution in [2.75, 3.05) is 39.8 Å². The Morgan fingerprint density at radius 1 is 1.09 bits per heavy atom. The predicted octanol–water partition coefficient (Wildman–Crippen LogP) is 3.02. The number of aromatic nitrogens is 3. The third kappa shape index (κ3) is 5.31. The second-order valence-corrected chi connectivity index (χ2v) is 7.81. The van der Waals surface area contributed by atoms with Crippen molar-refractivity contribution in [3.63, 3.8) is 0 Å². The van der Waals surface area contributed by atoms with Gasteiger partial charge in [0, 0.05) is 58.4 Å². The van der Waals surface area contributed by atoms with E-state index in [0.717, 1.165) is 38.6 Å². The van der Waals surface area contributed by atoms with Crippen molar-refractivity contribution in [2.24, 2.45) is 4.99 Å². The lowest BCUT2D eigenvalue weighted by Crippen LogP contribution is -2.53. The van der Waals surface area contributed by atoms with E-state index < -0.39 is 0 Å². The summed E-state index contributed by atoms with van der Waals surface area (Å²) in [5.41, 5.74) is 2.09. The maximum Gasteiger partial charge on any atom is 0.276 e. The molecule has 4 rings (SSSR count). The van der Waals surface area contributed by atoms with Gasteiger partial charge in [0.15, 0.2) is 11.8 Å². The molecule has 8 nitrogen and oxygen atoms in total. The lowest BCUT2D eigenvalue weighted by Gasteiger charge is -2.40. The highest BCUT2D eigenvalue weighted by atomic mass is 16.5. The quantitative estimate of drug-likeness (QED) is 0.453. The summed E-state index contributed by atoms with van der Waals surface area (Å²) in [6.07, 6.45) is 3.48. The Morgan fingerprint density at radius 2 is 1.88 bits per heavy atom. The Bertz CT molecular complexity index is 982. The van der Waals surface area contributed by atoms with E-state index in [1.54, 1.807) is 6.20 Å². The molecule has 1 saturated heterocycles. The lowest BCUT2D eigenvalue weighted by atomic mass is 10.0. The molecule has 1 atom stereocenters. The fraction of sp³-hybridized carbons (Fsp3) is 0.417. The van der Waals surface area contributed by atoms with Gasteiger partial charge < -0.3 is 14.7 Å². The Hall–Kier alpha value is -3.26. The molecule has 3 heterocycles. The van der Waals surface area contributed by atoms with Crippen molar-refractivity contribution in [3.05, 3.63) is 66.1 Å². The minimum atomic E-state index is 0.449. The highest BCUT2D eigenvalue weighted by Gasteiger charge is 2.25. The summed E-state index contributed by atoms with van der Waals surface area (Å²) in [7, 11) is 1.83. The number of pyridine rings is 1. The molecule has 0 spiro atoms. The van der Waals surface area contributed by atoms with Crippen LogP contribution in [-0.4, -0.2) is 70.7 Å². The summed E-state index contributed by atoms with van der Waals surface area (Å²) in [6, 6.07) is 16.9. The van der Waals surface area contributed by atoms with Gasteiger partial charge in [0.25, 0.3) is 5.89 Å². The zero-order valence-corrected chi connectivity index (χ0v) is 18.8. The van der Waals surface area contributed by atoms with Gasteiger partial charge in [0.05, 0.1) is 0 Å². The summed E-state index contributed by atoms with van der Waals surface area (Å²) < 4.78 is 5.33. The third-order valence-electron chi connectivity index (χ3n) is 5.82. The van der Waals surface area contributed by atoms with E-state index in [1.807, 2.05) is 25.2 Å². The molecule has 32 heavy (non-hydrogen) atoms. The normalized spacial score (nSPS) is 16.2. The van der Waals surface area contributed by atoms with Gasteiger partial charge in [-0.25, -0.2) is 0 Å². The van der Waals surface area contributed by atoms with E-state index in [-0.39, 0.29) is 0 Å². The average molecular weight is 434 g/mol. The molecule has 1 aliphatic rings. The molecule has 0 radical (unpaired) electrons.